The van der Waals surface area contributed by atoms with Crippen LogP contribution in [-0.2, 0) is 9.59 Å². The van der Waals surface area contributed by atoms with Crippen LogP contribution in [0.25, 0.3) is 6.08 Å². The second kappa shape index (κ2) is 13.1. The van der Waals surface area contributed by atoms with Crippen LogP contribution in [0.4, 0.5) is 11.4 Å². The molecule has 10 nitrogen and oxygen atoms in total. The molecular weight excluding hydrogens is 464 g/mol. The van der Waals surface area contributed by atoms with Crippen molar-refractivity contribution in [3.63, 3.8) is 0 Å². The fourth-order valence-electron chi connectivity index (χ4n) is 3.63. The summed E-state index contributed by atoms with van der Waals surface area (Å²) in [5.41, 5.74) is 1.75. The average Bonchev–Trinajstić information content (AvgIpc) is 2.91. The lowest BCUT2D eigenvalue weighted by Crippen LogP contribution is -2.45. The number of benzene rings is 2. The van der Waals surface area contributed by atoms with Crippen molar-refractivity contribution in [2.45, 2.75) is 0 Å². The maximum atomic E-state index is 12.6. The minimum Gasteiger partial charge on any atom is -0.496 e. The first kappa shape index (κ1) is 26.4. The third kappa shape index (κ3) is 6.92. The second-order valence-electron chi connectivity index (χ2n) is 7.74. The first-order chi connectivity index (χ1) is 17.5. The summed E-state index contributed by atoms with van der Waals surface area (Å²) in [6.07, 6.45) is 6.04. The van der Waals surface area contributed by atoms with Crippen LogP contribution in [0.3, 0.4) is 0 Å². The number of piperazine rings is 1. The molecule has 0 spiro atoms. The minimum atomic E-state index is -0.351. The third-order valence-corrected chi connectivity index (χ3v) is 5.51. The number of rotatable bonds is 10. The number of nitrogens with zero attached hydrogens (tertiary/aromatic N) is 1. The van der Waals surface area contributed by atoms with Crippen molar-refractivity contribution < 1.29 is 28.5 Å². The number of carbonyl (C=O) groups is 2. The Kier molecular flexibility index (Phi) is 9.58. The summed E-state index contributed by atoms with van der Waals surface area (Å²) in [6, 6.07) is 8.59. The van der Waals surface area contributed by atoms with Gasteiger partial charge in [-0.2, -0.15) is 0 Å². The quantitative estimate of drug-likeness (QED) is 0.431. The van der Waals surface area contributed by atoms with Gasteiger partial charge in [0.1, 0.15) is 23.0 Å². The smallest absolute Gasteiger partial charge is 0.248 e. The molecule has 0 aromatic heterocycles. The van der Waals surface area contributed by atoms with Crippen molar-refractivity contribution >= 4 is 29.3 Å². The van der Waals surface area contributed by atoms with Gasteiger partial charge in [-0.3, -0.25) is 9.59 Å². The van der Waals surface area contributed by atoms with E-state index in [1.165, 1.54) is 26.4 Å². The largest absolute Gasteiger partial charge is 0.496 e. The molecule has 10 heteroatoms. The average molecular weight is 497 g/mol. The number of amides is 2. The molecule has 1 aliphatic rings. The van der Waals surface area contributed by atoms with Crippen molar-refractivity contribution in [2.24, 2.45) is 0 Å². The highest BCUT2D eigenvalue weighted by Gasteiger charge is 2.14. The number of methoxy groups -OCH3 is 4. The summed E-state index contributed by atoms with van der Waals surface area (Å²) in [6.45, 7) is 2.93. The predicted molar refractivity (Wildman–Crippen MR) is 139 cm³/mol. The molecule has 3 N–H and O–H groups in total. The van der Waals surface area contributed by atoms with Crippen LogP contribution < -0.4 is 34.9 Å². The normalized spacial score (nSPS) is 13.5. The molecule has 0 saturated carbocycles. The Hall–Kier alpha value is -4.18. The summed E-state index contributed by atoms with van der Waals surface area (Å²) < 4.78 is 21.5. The van der Waals surface area contributed by atoms with E-state index in [9.17, 15) is 9.59 Å². The molecule has 0 aliphatic carbocycles. The molecule has 3 rings (SSSR count). The van der Waals surface area contributed by atoms with Crippen LogP contribution in [0.15, 0.2) is 48.7 Å². The van der Waals surface area contributed by atoms with Gasteiger partial charge in [0.05, 0.1) is 39.7 Å². The zero-order valence-electron chi connectivity index (χ0n) is 20.9. The maximum Gasteiger partial charge on any atom is 0.248 e. The lowest BCUT2D eigenvalue weighted by Gasteiger charge is -2.26. The Bertz CT molecular complexity index is 1100. The first-order valence-corrected chi connectivity index (χ1v) is 11.4. The third-order valence-electron chi connectivity index (χ3n) is 5.51. The van der Waals surface area contributed by atoms with Crippen molar-refractivity contribution in [1.29, 1.82) is 0 Å². The van der Waals surface area contributed by atoms with Crippen LogP contribution in [0.1, 0.15) is 5.56 Å². The monoisotopic (exact) mass is 496 g/mol. The van der Waals surface area contributed by atoms with E-state index >= 15 is 0 Å². The second-order valence-corrected chi connectivity index (χ2v) is 7.74. The molecule has 1 saturated heterocycles. The summed E-state index contributed by atoms with van der Waals surface area (Å²) in [4.78, 5) is 26.7. The molecule has 2 aromatic carbocycles. The summed E-state index contributed by atoms with van der Waals surface area (Å²) >= 11 is 0. The van der Waals surface area contributed by atoms with Crippen molar-refractivity contribution in [1.82, 2.24) is 10.2 Å². The van der Waals surface area contributed by atoms with Crippen molar-refractivity contribution in [3.8, 4) is 23.0 Å². The SMILES string of the molecule is COc1cc(OC)c(C=CC(=O)Nc2ccc(OC)c(NC=CC(=O)N3CCNCC3)c2)c(OC)c1. The molecule has 0 radical (unpaired) electrons. The van der Waals surface area contributed by atoms with E-state index in [0.717, 1.165) is 13.1 Å². The Morgan fingerprint density at radius 3 is 2.17 bits per heavy atom. The van der Waals surface area contributed by atoms with Gasteiger partial charge in [-0.15, -0.1) is 0 Å². The van der Waals surface area contributed by atoms with Crippen LogP contribution in [0, 0.1) is 0 Å². The van der Waals surface area contributed by atoms with E-state index in [1.54, 1.807) is 61.7 Å². The molecule has 1 heterocycles. The van der Waals surface area contributed by atoms with Crippen molar-refractivity contribution in [3.05, 3.63) is 54.2 Å². The van der Waals surface area contributed by atoms with Crippen LogP contribution in [0.2, 0.25) is 0 Å². The van der Waals surface area contributed by atoms with E-state index in [0.29, 0.717) is 53.0 Å². The zero-order chi connectivity index (χ0) is 25.9. The summed E-state index contributed by atoms with van der Waals surface area (Å²) in [5, 5.41) is 9.10. The number of ether oxygens (including phenoxy) is 4. The van der Waals surface area contributed by atoms with E-state index in [2.05, 4.69) is 16.0 Å². The molecule has 36 heavy (non-hydrogen) atoms. The Morgan fingerprint density at radius 2 is 1.56 bits per heavy atom. The van der Waals surface area contributed by atoms with Gasteiger partial charge in [0, 0.05) is 62.4 Å². The van der Waals surface area contributed by atoms with Gasteiger partial charge in [0.15, 0.2) is 0 Å². The van der Waals surface area contributed by atoms with Crippen LogP contribution in [-0.4, -0.2) is 71.3 Å². The predicted octanol–water partition coefficient (Wildman–Crippen LogP) is 2.73. The van der Waals surface area contributed by atoms with Gasteiger partial charge in [-0.25, -0.2) is 0 Å². The molecule has 0 atom stereocenters. The zero-order valence-corrected chi connectivity index (χ0v) is 20.9. The molecule has 1 aliphatic heterocycles. The Balaban J connectivity index is 1.69. The van der Waals surface area contributed by atoms with Gasteiger partial charge >= 0.3 is 0 Å². The number of anilines is 2. The molecule has 2 amide bonds. The topological polar surface area (TPSA) is 110 Å². The molecule has 0 unspecified atom stereocenters. The van der Waals surface area contributed by atoms with E-state index in [1.807, 2.05) is 0 Å². The highest BCUT2D eigenvalue weighted by molar-refractivity contribution is 6.02. The minimum absolute atomic E-state index is 0.0676. The molecule has 0 bridgehead atoms. The van der Waals surface area contributed by atoms with E-state index in [-0.39, 0.29) is 11.8 Å². The van der Waals surface area contributed by atoms with E-state index < -0.39 is 0 Å². The van der Waals surface area contributed by atoms with E-state index in [4.69, 9.17) is 18.9 Å². The standard InChI is InChI=1S/C26H32N4O6/c1-33-19-16-23(35-3)20(24(17-19)36-4)6-8-25(31)29-18-5-7-22(34-2)21(15-18)28-10-9-26(32)30-13-11-27-12-14-30/h5-10,15-17,27-28H,11-14H2,1-4H3,(H,29,31). The van der Waals surface area contributed by atoms with Gasteiger partial charge < -0.3 is 39.8 Å². The Labute approximate surface area is 210 Å². The number of nitrogens with one attached hydrogen (secondary N) is 3. The maximum absolute atomic E-state index is 12.6. The number of carbonyl (C=O) groups excluding carboxylic acids is 2. The van der Waals surface area contributed by atoms with Gasteiger partial charge in [-0.1, -0.05) is 0 Å². The highest BCUT2D eigenvalue weighted by Crippen LogP contribution is 2.35. The van der Waals surface area contributed by atoms with Gasteiger partial charge in [0.25, 0.3) is 0 Å². The first-order valence-electron chi connectivity index (χ1n) is 11.4. The molecule has 192 valence electrons. The van der Waals surface area contributed by atoms with Crippen molar-refractivity contribution in [2.75, 3.05) is 65.3 Å². The fourth-order valence-corrected chi connectivity index (χ4v) is 3.63. The van der Waals surface area contributed by atoms with Gasteiger partial charge in [-0.05, 0) is 24.3 Å². The molecule has 2 aromatic rings. The van der Waals surface area contributed by atoms with Crippen LogP contribution in [0.5, 0.6) is 23.0 Å². The lowest BCUT2D eigenvalue weighted by atomic mass is 10.1. The highest BCUT2D eigenvalue weighted by atomic mass is 16.5. The van der Waals surface area contributed by atoms with Crippen LogP contribution >= 0.6 is 0 Å². The lowest BCUT2D eigenvalue weighted by molar-refractivity contribution is -0.126. The fraction of sp³-hybridized carbons (Fsp3) is 0.308. The summed E-state index contributed by atoms with van der Waals surface area (Å²) in [5.74, 6) is 1.74. The summed E-state index contributed by atoms with van der Waals surface area (Å²) in [7, 11) is 6.16. The number of hydrogen-bond acceptors (Lipinski definition) is 8. The molecular formula is C26H32N4O6. The Morgan fingerprint density at radius 1 is 0.889 bits per heavy atom. The molecule has 1 fully saturated rings. The number of hydrogen-bond donors (Lipinski definition) is 3. The van der Waals surface area contributed by atoms with Gasteiger partial charge in [0.2, 0.25) is 11.8 Å².